The summed E-state index contributed by atoms with van der Waals surface area (Å²) in [5.74, 6) is 0.519. The number of hydrogen-bond donors (Lipinski definition) is 1. The fourth-order valence-corrected chi connectivity index (χ4v) is 3.86. The van der Waals surface area contributed by atoms with E-state index in [1.165, 1.54) is 5.56 Å². The Morgan fingerprint density at radius 3 is 2.36 bits per heavy atom. The summed E-state index contributed by atoms with van der Waals surface area (Å²) in [5.41, 5.74) is 4.79. The van der Waals surface area contributed by atoms with Crippen LogP contribution in [0.1, 0.15) is 53.8 Å². The Morgan fingerprint density at radius 1 is 1.00 bits per heavy atom. The molecule has 0 unspecified atom stereocenters. The van der Waals surface area contributed by atoms with E-state index in [-0.39, 0.29) is 12.1 Å². The summed E-state index contributed by atoms with van der Waals surface area (Å²) in [7, 11) is 0. The molecule has 0 aliphatic carbocycles. The third-order valence-electron chi connectivity index (χ3n) is 5.47. The highest BCUT2D eigenvalue weighted by Gasteiger charge is 2.33. The molecule has 0 bridgehead atoms. The van der Waals surface area contributed by atoms with Crippen LogP contribution >= 0.6 is 15.9 Å². The molecule has 1 heterocycles. The van der Waals surface area contributed by atoms with Crippen molar-refractivity contribution in [3.05, 3.63) is 94.0 Å². The molecule has 2 atom stereocenters. The van der Waals surface area contributed by atoms with E-state index in [9.17, 15) is 4.79 Å². The molecule has 4 heteroatoms. The number of fused-ring (bicyclic) bond motifs is 1. The summed E-state index contributed by atoms with van der Waals surface area (Å²) in [4.78, 5) is 15.3. The maximum atomic E-state index is 13.4. The largest absolute Gasteiger partial charge is 0.360 e. The van der Waals surface area contributed by atoms with Crippen LogP contribution in [0.25, 0.3) is 0 Å². The van der Waals surface area contributed by atoms with E-state index in [0.29, 0.717) is 11.5 Å². The Hall–Kier alpha value is -2.59. The van der Waals surface area contributed by atoms with Crippen molar-refractivity contribution in [1.82, 2.24) is 0 Å². The van der Waals surface area contributed by atoms with Crippen molar-refractivity contribution in [3.8, 4) is 0 Å². The van der Waals surface area contributed by atoms with Crippen LogP contribution in [0.4, 0.5) is 11.4 Å². The Balaban J connectivity index is 1.78. The lowest BCUT2D eigenvalue weighted by molar-refractivity contribution is 0.0975. The topological polar surface area (TPSA) is 32.3 Å². The lowest BCUT2D eigenvalue weighted by Crippen LogP contribution is -2.43. The van der Waals surface area contributed by atoms with Crippen LogP contribution in [-0.2, 0) is 0 Å². The molecule has 4 rings (SSSR count). The minimum Gasteiger partial charge on any atom is -0.360 e. The van der Waals surface area contributed by atoms with E-state index in [2.05, 4.69) is 59.4 Å². The van der Waals surface area contributed by atoms with Gasteiger partial charge in [-0.25, -0.2) is 0 Å². The summed E-state index contributed by atoms with van der Waals surface area (Å²) >= 11 is 3.49. The zero-order valence-corrected chi connectivity index (χ0v) is 17.6. The molecule has 0 radical (unpaired) electrons. The van der Waals surface area contributed by atoms with Crippen molar-refractivity contribution >= 4 is 33.2 Å². The molecular weight excluding hydrogens is 412 g/mol. The van der Waals surface area contributed by atoms with Crippen LogP contribution in [0.3, 0.4) is 0 Å². The van der Waals surface area contributed by atoms with Crippen LogP contribution in [-0.4, -0.2) is 5.91 Å². The summed E-state index contributed by atoms with van der Waals surface area (Å²) in [5, 5.41) is 3.55. The predicted octanol–water partition coefficient (Wildman–Crippen LogP) is 6.73. The molecular formula is C24H23BrN2O. The molecule has 1 aliphatic rings. The van der Waals surface area contributed by atoms with Crippen molar-refractivity contribution in [1.29, 1.82) is 0 Å². The van der Waals surface area contributed by atoms with Gasteiger partial charge >= 0.3 is 0 Å². The number of hydrogen-bond acceptors (Lipinski definition) is 2. The Kier molecular flexibility index (Phi) is 5.23. The van der Waals surface area contributed by atoms with Gasteiger partial charge in [0, 0.05) is 15.8 Å². The van der Waals surface area contributed by atoms with Crippen LogP contribution in [0, 0.1) is 0 Å². The van der Waals surface area contributed by atoms with Crippen LogP contribution in [0.2, 0.25) is 0 Å². The Labute approximate surface area is 174 Å². The molecule has 0 aromatic heterocycles. The third kappa shape index (κ3) is 3.45. The van der Waals surface area contributed by atoms with E-state index in [1.54, 1.807) is 0 Å². The summed E-state index contributed by atoms with van der Waals surface area (Å²) < 4.78 is 1.02. The second-order valence-corrected chi connectivity index (χ2v) is 8.14. The first-order valence-electron chi connectivity index (χ1n) is 9.63. The summed E-state index contributed by atoms with van der Waals surface area (Å²) in [6.45, 7) is 4.42. The van der Waals surface area contributed by atoms with Crippen molar-refractivity contribution < 1.29 is 4.79 Å². The number of rotatable bonds is 4. The molecule has 0 saturated carbocycles. The molecule has 142 valence electrons. The fourth-order valence-electron chi connectivity index (χ4n) is 3.60. The minimum atomic E-state index is -0.259. The highest BCUT2D eigenvalue weighted by molar-refractivity contribution is 9.10. The molecule has 0 saturated heterocycles. The normalized spacial score (nSPS) is 17.0. The number of nitrogens with zero attached hydrogens (tertiary/aromatic N) is 1. The molecule has 3 aromatic carbocycles. The number of carbonyl (C=O) groups excluding carboxylic acids is 1. The highest BCUT2D eigenvalue weighted by Crippen LogP contribution is 2.37. The van der Waals surface area contributed by atoms with Gasteiger partial charge < -0.3 is 5.32 Å². The number of carbonyl (C=O) groups is 1. The first-order chi connectivity index (χ1) is 13.6. The lowest BCUT2D eigenvalue weighted by atomic mass is 9.97. The van der Waals surface area contributed by atoms with Gasteiger partial charge in [-0.2, -0.15) is 0 Å². The average Bonchev–Trinajstić information content (AvgIpc) is 2.74. The number of halogens is 1. The van der Waals surface area contributed by atoms with E-state index in [1.807, 2.05) is 53.4 Å². The second kappa shape index (κ2) is 7.80. The van der Waals surface area contributed by atoms with Gasteiger partial charge in [0.2, 0.25) is 0 Å². The predicted molar refractivity (Wildman–Crippen MR) is 119 cm³/mol. The number of benzene rings is 3. The SMILES string of the molecule is CC[C@H](C)c1ccc(N2C(=O)c3ccccc3N[C@H]2c2ccc(Br)cc2)cc1. The maximum Gasteiger partial charge on any atom is 0.262 e. The Morgan fingerprint density at radius 2 is 1.68 bits per heavy atom. The summed E-state index contributed by atoms with van der Waals surface area (Å²) in [6.07, 6.45) is 0.836. The Bertz CT molecular complexity index is 982. The van der Waals surface area contributed by atoms with Crippen LogP contribution < -0.4 is 10.2 Å². The van der Waals surface area contributed by atoms with E-state index < -0.39 is 0 Å². The molecule has 1 aliphatic heterocycles. The number of anilines is 2. The van der Waals surface area contributed by atoms with Gasteiger partial charge in [0.25, 0.3) is 5.91 Å². The third-order valence-corrected chi connectivity index (χ3v) is 5.99. The molecule has 28 heavy (non-hydrogen) atoms. The fraction of sp³-hybridized carbons (Fsp3) is 0.208. The first-order valence-corrected chi connectivity index (χ1v) is 10.4. The first kappa shape index (κ1) is 18.8. The second-order valence-electron chi connectivity index (χ2n) is 7.22. The molecule has 3 nitrogen and oxygen atoms in total. The highest BCUT2D eigenvalue weighted by atomic mass is 79.9. The van der Waals surface area contributed by atoms with Gasteiger partial charge in [-0.05, 0) is 59.9 Å². The molecule has 0 fully saturated rings. The van der Waals surface area contributed by atoms with Gasteiger partial charge in [-0.1, -0.05) is 66.2 Å². The van der Waals surface area contributed by atoms with Gasteiger partial charge in [0.15, 0.2) is 0 Å². The van der Waals surface area contributed by atoms with Crippen molar-refractivity contribution in [2.24, 2.45) is 0 Å². The zero-order chi connectivity index (χ0) is 19.7. The molecule has 3 aromatic rings. The number of nitrogens with one attached hydrogen (secondary N) is 1. The van der Waals surface area contributed by atoms with Gasteiger partial charge in [0.05, 0.1) is 5.56 Å². The van der Waals surface area contributed by atoms with Gasteiger partial charge in [-0.15, -0.1) is 0 Å². The molecule has 1 amide bonds. The smallest absolute Gasteiger partial charge is 0.262 e. The lowest BCUT2D eigenvalue weighted by Gasteiger charge is -2.38. The molecule has 1 N–H and O–H groups in total. The molecule has 0 spiro atoms. The van der Waals surface area contributed by atoms with Crippen molar-refractivity contribution in [2.75, 3.05) is 10.2 Å². The van der Waals surface area contributed by atoms with Crippen molar-refractivity contribution in [3.63, 3.8) is 0 Å². The van der Waals surface area contributed by atoms with E-state index >= 15 is 0 Å². The number of para-hydroxylation sites is 1. The van der Waals surface area contributed by atoms with Gasteiger partial charge in [-0.3, -0.25) is 9.69 Å². The van der Waals surface area contributed by atoms with Crippen LogP contribution in [0.5, 0.6) is 0 Å². The van der Waals surface area contributed by atoms with Gasteiger partial charge in [0.1, 0.15) is 6.17 Å². The maximum absolute atomic E-state index is 13.4. The summed E-state index contributed by atoms with van der Waals surface area (Å²) in [6, 6.07) is 24.2. The van der Waals surface area contributed by atoms with Crippen molar-refractivity contribution in [2.45, 2.75) is 32.4 Å². The average molecular weight is 435 g/mol. The standard InChI is InChI=1S/C24H23BrN2O/c1-3-16(2)17-10-14-20(15-11-17)27-23(18-8-12-19(25)13-9-18)26-22-7-5-4-6-21(22)24(27)28/h4-16,23,26H,3H2,1-2H3/t16-,23+/m0/s1. The number of amides is 1. The minimum absolute atomic E-state index is 0.0126. The van der Waals surface area contributed by atoms with E-state index in [4.69, 9.17) is 0 Å². The monoisotopic (exact) mass is 434 g/mol. The van der Waals surface area contributed by atoms with Crippen LogP contribution in [0.15, 0.2) is 77.3 Å². The van der Waals surface area contributed by atoms with E-state index in [0.717, 1.165) is 27.8 Å². The quantitative estimate of drug-likeness (QED) is 0.493. The zero-order valence-electron chi connectivity index (χ0n) is 16.0.